The summed E-state index contributed by atoms with van der Waals surface area (Å²) in [4.78, 5) is 22.8. The molecule has 0 aromatic rings. The van der Waals surface area contributed by atoms with Gasteiger partial charge in [0.05, 0.1) is 0 Å². The number of amides is 1. The van der Waals surface area contributed by atoms with Crippen LogP contribution in [0.25, 0.3) is 0 Å². The van der Waals surface area contributed by atoms with Crippen molar-refractivity contribution in [1.29, 1.82) is 0 Å². The summed E-state index contributed by atoms with van der Waals surface area (Å²) in [7, 11) is 0. The molecule has 0 spiro atoms. The second kappa shape index (κ2) is 9.80. The highest BCUT2D eigenvalue weighted by atomic mass is 16.4. The van der Waals surface area contributed by atoms with Gasteiger partial charge in [-0.25, -0.2) is 0 Å². The Morgan fingerprint density at radius 3 is 2.38 bits per heavy atom. The van der Waals surface area contributed by atoms with Crippen LogP contribution in [0.4, 0.5) is 0 Å². The predicted octanol–water partition coefficient (Wildman–Crippen LogP) is 3.60. The highest BCUT2D eigenvalue weighted by Gasteiger charge is 2.24. The molecule has 4 heteroatoms. The first kappa shape index (κ1) is 18.0. The molecule has 1 amide bonds. The van der Waals surface area contributed by atoms with Crippen molar-refractivity contribution in [3.05, 3.63) is 0 Å². The number of nitrogens with one attached hydrogen (secondary N) is 1. The van der Waals surface area contributed by atoms with Gasteiger partial charge in [-0.1, -0.05) is 26.7 Å². The van der Waals surface area contributed by atoms with E-state index in [-0.39, 0.29) is 18.2 Å². The Balaban J connectivity index is 2.22. The van der Waals surface area contributed by atoms with Crippen molar-refractivity contribution >= 4 is 11.9 Å². The highest BCUT2D eigenvalue weighted by molar-refractivity contribution is 5.78. The lowest BCUT2D eigenvalue weighted by Gasteiger charge is -2.25. The summed E-state index contributed by atoms with van der Waals surface area (Å²) in [5.41, 5.74) is 0. The molecule has 1 saturated carbocycles. The molecule has 0 bridgehead atoms. The Morgan fingerprint density at radius 1 is 1.14 bits per heavy atom. The average Bonchev–Trinajstić information content (AvgIpc) is 2.45. The van der Waals surface area contributed by atoms with Gasteiger partial charge in [0.2, 0.25) is 5.91 Å². The third-order valence-electron chi connectivity index (χ3n) is 4.70. The molecule has 1 fully saturated rings. The molecule has 0 aliphatic heterocycles. The van der Waals surface area contributed by atoms with E-state index in [1.165, 1.54) is 0 Å². The fourth-order valence-corrected chi connectivity index (χ4v) is 3.23. The Kier molecular flexibility index (Phi) is 8.40. The Bertz CT molecular complexity index is 322. The number of aliphatic carboxylic acids is 1. The van der Waals surface area contributed by atoms with E-state index in [1.807, 2.05) is 0 Å². The van der Waals surface area contributed by atoms with E-state index in [1.54, 1.807) is 0 Å². The molecule has 1 atom stereocenters. The summed E-state index contributed by atoms with van der Waals surface area (Å²) < 4.78 is 0. The van der Waals surface area contributed by atoms with Crippen molar-refractivity contribution in [3.63, 3.8) is 0 Å². The molecule has 0 heterocycles. The molecule has 122 valence electrons. The molecule has 0 radical (unpaired) electrons. The van der Waals surface area contributed by atoms with Crippen LogP contribution in [-0.4, -0.2) is 23.5 Å². The maximum atomic E-state index is 12.1. The maximum absolute atomic E-state index is 12.1. The zero-order chi connectivity index (χ0) is 15.7. The quantitative estimate of drug-likeness (QED) is 0.683. The second-order valence-electron chi connectivity index (χ2n) is 6.62. The number of carbonyl (C=O) groups is 2. The van der Waals surface area contributed by atoms with E-state index in [2.05, 4.69) is 19.2 Å². The van der Waals surface area contributed by atoms with E-state index in [0.717, 1.165) is 57.3 Å². The Morgan fingerprint density at radius 2 is 1.81 bits per heavy atom. The van der Waals surface area contributed by atoms with Crippen molar-refractivity contribution in [3.8, 4) is 0 Å². The summed E-state index contributed by atoms with van der Waals surface area (Å²) in [6, 6.07) is 0. The molecule has 0 aromatic heterocycles. The first-order chi connectivity index (χ1) is 10.0. The van der Waals surface area contributed by atoms with Crippen LogP contribution in [0, 0.1) is 17.8 Å². The molecule has 21 heavy (non-hydrogen) atoms. The van der Waals surface area contributed by atoms with Gasteiger partial charge in [0, 0.05) is 18.9 Å². The first-order valence-electron chi connectivity index (χ1n) is 8.52. The number of hydrogen-bond donors (Lipinski definition) is 2. The third kappa shape index (κ3) is 7.49. The number of carboxylic acid groups (broad SMARTS) is 1. The van der Waals surface area contributed by atoms with Crippen LogP contribution < -0.4 is 5.32 Å². The highest BCUT2D eigenvalue weighted by Crippen LogP contribution is 2.28. The molecular formula is C17H31NO3. The van der Waals surface area contributed by atoms with Crippen molar-refractivity contribution in [2.75, 3.05) is 6.54 Å². The molecule has 1 aliphatic rings. The summed E-state index contributed by atoms with van der Waals surface area (Å²) >= 11 is 0. The predicted molar refractivity (Wildman–Crippen MR) is 84.0 cm³/mol. The van der Waals surface area contributed by atoms with Gasteiger partial charge in [-0.3, -0.25) is 9.59 Å². The van der Waals surface area contributed by atoms with E-state index in [0.29, 0.717) is 12.5 Å². The fourth-order valence-electron chi connectivity index (χ4n) is 3.23. The van der Waals surface area contributed by atoms with Gasteiger partial charge in [-0.15, -0.1) is 0 Å². The number of rotatable bonds is 9. The normalized spacial score (nSPS) is 23.5. The molecule has 2 N–H and O–H groups in total. The molecule has 0 aromatic carbocycles. The van der Waals surface area contributed by atoms with Crippen molar-refractivity contribution < 1.29 is 14.7 Å². The monoisotopic (exact) mass is 297 g/mol. The SMILES string of the molecule is CCCC(CCNC(=O)C1CCC(C)CC1)CCC(=O)O. The maximum Gasteiger partial charge on any atom is 0.303 e. The smallest absolute Gasteiger partial charge is 0.303 e. The van der Waals surface area contributed by atoms with E-state index < -0.39 is 5.97 Å². The van der Waals surface area contributed by atoms with Crippen LogP contribution >= 0.6 is 0 Å². The van der Waals surface area contributed by atoms with Crippen LogP contribution in [0.2, 0.25) is 0 Å². The van der Waals surface area contributed by atoms with Gasteiger partial charge in [-0.05, 0) is 50.4 Å². The molecule has 0 saturated heterocycles. The van der Waals surface area contributed by atoms with Gasteiger partial charge in [0.25, 0.3) is 0 Å². The minimum Gasteiger partial charge on any atom is -0.481 e. The molecule has 1 aliphatic carbocycles. The lowest BCUT2D eigenvalue weighted by atomic mass is 9.82. The summed E-state index contributed by atoms with van der Waals surface area (Å²) in [5.74, 6) is 0.855. The summed E-state index contributed by atoms with van der Waals surface area (Å²) in [5, 5.41) is 11.8. The lowest BCUT2D eigenvalue weighted by Crippen LogP contribution is -2.34. The van der Waals surface area contributed by atoms with Gasteiger partial charge >= 0.3 is 5.97 Å². The minimum atomic E-state index is -0.725. The molecule has 1 unspecified atom stereocenters. The first-order valence-corrected chi connectivity index (χ1v) is 8.52. The standard InChI is InChI=1S/C17H31NO3/c1-3-4-14(7-10-16(19)20)11-12-18-17(21)15-8-5-13(2)6-9-15/h13-15H,3-12H2,1-2H3,(H,18,21)(H,19,20). The van der Waals surface area contributed by atoms with E-state index >= 15 is 0 Å². The molecule has 1 rings (SSSR count). The number of carbonyl (C=O) groups excluding carboxylic acids is 1. The third-order valence-corrected chi connectivity index (χ3v) is 4.70. The summed E-state index contributed by atoms with van der Waals surface area (Å²) in [6.45, 7) is 5.07. The van der Waals surface area contributed by atoms with Crippen LogP contribution in [0.5, 0.6) is 0 Å². The molecular weight excluding hydrogens is 266 g/mol. The van der Waals surface area contributed by atoms with Crippen molar-refractivity contribution in [2.45, 2.75) is 71.6 Å². The number of hydrogen-bond acceptors (Lipinski definition) is 2. The van der Waals surface area contributed by atoms with Crippen molar-refractivity contribution in [2.24, 2.45) is 17.8 Å². The molecule has 4 nitrogen and oxygen atoms in total. The van der Waals surface area contributed by atoms with E-state index in [9.17, 15) is 9.59 Å². The van der Waals surface area contributed by atoms with Crippen LogP contribution in [0.3, 0.4) is 0 Å². The second-order valence-corrected chi connectivity index (χ2v) is 6.62. The minimum absolute atomic E-state index is 0.199. The van der Waals surface area contributed by atoms with Gasteiger partial charge in [0.15, 0.2) is 0 Å². The topological polar surface area (TPSA) is 66.4 Å². The van der Waals surface area contributed by atoms with E-state index in [4.69, 9.17) is 5.11 Å². The summed E-state index contributed by atoms with van der Waals surface area (Å²) in [6.07, 6.45) is 8.33. The van der Waals surface area contributed by atoms with Gasteiger partial charge in [0.1, 0.15) is 0 Å². The Labute approximate surface area is 128 Å². The number of carboxylic acids is 1. The van der Waals surface area contributed by atoms with Gasteiger partial charge in [-0.2, -0.15) is 0 Å². The lowest BCUT2D eigenvalue weighted by molar-refractivity contribution is -0.137. The fraction of sp³-hybridized carbons (Fsp3) is 0.882. The van der Waals surface area contributed by atoms with Crippen LogP contribution in [0.15, 0.2) is 0 Å². The zero-order valence-corrected chi connectivity index (χ0v) is 13.6. The van der Waals surface area contributed by atoms with Crippen molar-refractivity contribution in [1.82, 2.24) is 5.32 Å². The zero-order valence-electron chi connectivity index (χ0n) is 13.6. The van der Waals surface area contributed by atoms with Gasteiger partial charge < -0.3 is 10.4 Å². The largest absolute Gasteiger partial charge is 0.481 e. The van der Waals surface area contributed by atoms with Crippen LogP contribution in [-0.2, 0) is 9.59 Å². The average molecular weight is 297 g/mol. The van der Waals surface area contributed by atoms with Crippen LogP contribution in [0.1, 0.15) is 71.6 Å². The Hall–Kier alpha value is -1.06.